The van der Waals surface area contributed by atoms with Crippen molar-refractivity contribution in [2.75, 3.05) is 19.9 Å². The van der Waals surface area contributed by atoms with Gasteiger partial charge in [-0.3, -0.25) is 0 Å². The van der Waals surface area contributed by atoms with Gasteiger partial charge in [-0.25, -0.2) is 0 Å². The summed E-state index contributed by atoms with van der Waals surface area (Å²) in [6, 6.07) is 14.9. The van der Waals surface area contributed by atoms with Crippen LogP contribution in [0.4, 0.5) is 0 Å². The standard InChI is InChI=1S/C18H19NO3/c1-2-5-14-11-15(10-13(14)4-1)19-8-9-20-16-6-3-7-17-18(16)22-12-21-17/h1-7,15,19H,8-12H2. The van der Waals surface area contributed by atoms with Crippen LogP contribution in [-0.4, -0.2) is 26.0 Å². The summed E-state index contributed by atoms with van der Waals surface area (Å²) in [5, 5.41) is 3.57. The molecule has 0 saturated heterocycles. The van der Waals surface area contributed by atoms with Crippen LogP contribution in [0.3, 0.4) is 0 Å². The van der Waals surface area contributed by atoms with Crippen LogP contribution in [-0.2, 0) is 12.8 Å². The maximum Gasteiger partial charge on any atom is 0.231 e. The van der Waals surface area contributed by atoms with Gasteiger partial charge in [0.15, 0.2) is 11.5 Å². The largest absolute Gasteiger partial charge is 0.488 e. The second-order valence-electron chi connectivity index (χ2n) is 5.67. The fourth-order valence-corrected chi connectivity index (χ4v) is 3.14. The zero-order chi connectivity index (χ0) is 14.8. The lowest BCUT2D eigenvalue weighted by molar-refractivity contribution is 0.169. The van der Waals surface area contributed by atoms with E-state index in [0.717, 1.165) is 36.6 Å². The first kappa shape index (κ1) is 13.5. The molecule has 0 saturated carbocycles. The van der Waals surface area contributed by atoms with E-state index >= 15 is 0 Å². The Bertz CT molecular complexity index is 646. The van der Waals surface area contributed by atoms with Crippen molar-refractivity contribution in [1.82, 2.24) is 5.32 Å². The van der Waals surface area contributed by atoms with Gasteiger partial charge in [0.05, 0.1) is 0 Å². The Morgan fingerprint density at radius 2 is 1.82 bits per heavy atom. The van der Waals surface area contributed by atoms with Crippen LogP contribution in [0.15, 0.2) is 42.5 Å². The first-order chi connectivity index (χ1) is 10.9. The van der Waals surface area contributed by atoms with E-state index in [0.29, 0.717) is 12.6 Å². The lowest BCUT2D eigenvalue weighted by Crippen LogP contribution is -2.33. The van der Waals surface area contributed by atoms with Crippen LogP contribution >= 0.6 is 0 Å². The van der Waals surface area contributed by atoms with Gasteiger partial charge in [0, 0.05) is 12.6 Å². The topological polar surface area (TPSA) is 39.7 Å². The molecule has 0 bridgehead atoms. The third kappa shape index (κ3) is 2.62. The average Bonchev–Trinajstić information content (AvgIpc) is 3.17. The summed E-state index contributed by atoms with van der Waals surface area (Å²) in [4.78, 5) is 0. The predicted molar refractivity (Wildman–Crippen MR) is 83.7 cm³/mol. The highest BCUT2D eigenvalue weighted by Gasteiger charge is 2.21. The van der Waals surface area contributed by atoms with Crippen LogP contribution in [0.5, 0.6) is 17.2 Å². The molecule has 0 aromatic heterocycles. The van der Waals surface area contributed by atoms with E-state index in [-0.39, 0.29) is 6.79 Å². The van der Waals surface area contributed by atoms with Crippen molar-refractivity contribution in [3.63, 3.8) is 0 Å². The minimum absolute atomic E-state index is 0.272. The fraction of sp³-hybridized carbons (Fsp3) is 0.333. The molecule has 1 heterocycles. The van der Waals surface area contributed by atoms with E-state index in [1.165, 1.54) is 11.1 Å². The second kappa shape index (κ2) is 5.89. The molecule has 4 nitrogen and oxygen atoms in total. The minimum Gasteiger partial charge on any atom is -0.488 e. The zero-order valence-corrected chi connectivity index (χ0v) is 12.4. The molecule has 0 amide bonds. The van der Waals surface area contributed by atoms with Crippen molar-refractivity contribution in [2.45, 2.75) is 18.9 Å². The molecular formula is C18H19NO3. The number of nitrogens with one attached hydrogen (secondary N) is 1. The van der Waals surface area contributed by atoms with Gasteiger partial charge in [0.2, 0.25) is 12.5 Å². The van der Waals surface area contributed by atoms with Crippen molar-refractivity contribution < 1.29 is 14.2 Å². The van der Waals surface area contributed by atoms with Crippen molar-refractivity contribution in [1.29, 1.82) is 0 Å². The van der Waals surface area contributed by atoms with E-state index in [1.807, 2.05) is 18.2 Å². The maximum absolute atomic E-state index is 5.82. The summed E-state index contributed by atoms with van der Waals surface area (Å²) < 4.78 is 16.6. The minimum atomic E-state index is 0.272. The van der Waals surface area contributed by atoms with Gasteiger partial charge in [-0.15, -0.1) is 0 Å². The van der Waals surface area contributed by atoms with Gasteiger partial charge in [0.25, 0.3) is 0 Å². The molecule has 0 radical (unpaired) electrons. The molecule has 2 aromatic rings. The van der Waals surface area contributed by atoms with Gasteiger partial charge in [0.1, 0.15) is 6.61 Å². The van der Waals surface area contributed by atoms with E-state index in [4.69, 9.17) is 14.2 Å². The molecule has 4 rings (SSSR count). The fourth-order valence-electron chi connectivity index (χ4n) is 3.14. The summed E-state index contributed by atoms with van der Waals surface area (Å²) in [6.45, 7) is 1.71. The highest BCUT2D eigenvalue weighted by Crippen LogP contribution is 2.40. The number of para-hydroxylation sites is 1. The van der Waals surface area contributed by atoms with Crippen molar-refractivity contribution >= 4 is 0 Å². The first-order valence-corrected chi connectivity index (χ1v) is 7.72. The molecule has 2 aliphatic rings. The van der Waals surface area contributed by atoms with E-state index in [9.17, 15) is 0 Å². The summed E-state index contributed by atoms with van der Waals surface area (Å²) in [5.41, 5.74) is 2.93. The Hall–Kier alpha value is -2.20. The molecule has 1 N–H and O–H groups in total. The molecule has 0 fully saturated rings. The van der Waals surface area contributed by atoms with Crippen molar-refractivity contribution in [3.05, 3.63) is 53.6 Å². The summed E-state index contributed by atoms with van der Waals surface area (Å²) >= 11 is 0. The maximum atomic E-state index is 5.82. The smallest absolute Gasteiger partial charge is 0.231 e. The third-order valence-electron chi connectivity index (χ3n) is 4.20. The molecule has 22 heavy (non-hydrogen) atoms. The molecular weight excluding hydrogens is 278 g/mol. The van der Waals surface area contributed by atoms with Gasteiger partial charge >= 0.3 is 0 Å². The second-order valence-corrected chi connectivity index (χ2v) is 5.67. The van der Waals surface area contributed by atoms with Gasteiger partial charge in [-0.05, 0) is 36.1 Å². The number of fused-ring (bicyclic) bond motifs is 2. The molecule has 4 heteroatoms. The van der Waals surface area contributed by atoms with Crippen LogP contribution in [0.2, 0.25) is 0 Å². The lowest BCUT2D eigenvalue weighted by Gasteiger charge is -2.13. The first-order valence-electron chi connectivity index (χ1n) is 7.72. The number of benzene rings is 2. The molecule has 1 aliphatic heterocycles. The SMILES string of the molecule is c1ccc2c(c1)CC(NCCOc1cccc3c1OCO3)C2. The number of hydrogen-bond donors (Lipinski definition) is 1. The van der Waals surface area contributed by atoms with Crippen LogP contribution in [0.1, 0.15) is 11.1 Å². The van der Waals surface area contributed by atoms with Gasteiger partial charge in [-0.2, -0.15) is 0 Å². The highest BCUT2D eigenvalue weighted by molar-refractivity contribution is 5.52. The predicted octanol–water partition coefficient (Wildman–Crippen LogP) is 2.55. The van der Waals surface area contributed by atoms with E-state index < -0.39 is 0 Å². The molecule has 0 atom stereocenters. The molecule has 114 valence electrons. The number of ether oxygens (including phenoxy) is 3. The number of rotatable bonds is 5. The Labute approximate surface area is 130 Å². The molecule has 2 aromatic carbocycles. The van der Waals surface area contributed by atoms with Crippen molar-refractivity contribution in [3.8, 4) is 17.2 Å². The Kier molecular flexibility index (Phi) is 3.60. The zero-order valence-electron chi connectivity index (χ0n) is 12.4. The van der Waals surface area contributed by atoms with Crippen LogP contribution in [0, 0.1) is 0 Å². The van der Waals surface area contributed by atoms with Gasteiger partial charge in [-0.1, -0.05) is 30.3 Å². The van der Waals surface area contributed by atoms with Crippen molar-refractivity contribution in [2.24, 2.45) is 0 Å². The Morgan fingerprint density at radius 3 is 2.64 bits per heavy atom. The normalized spacial score (nSPS) is 15.8. The Morgan fingerprint density at radius 1 is 1.00 bits per heavy atom. The lowest BCUT2D eigenvalue weighted by atomic mass is 10.1. The Balaban J connectivity index is 1.26. The molecule has 0 spiro atoms. The summed E-state index contributed by atoms with van der Waals surface area (Å²) in [7, 11) is 0. The quantitative estimate of drug-likeness (QED) is 0.861. The van der Waals surface area contributed by atoms with E-state index in [2.05, 4.69) is 29.6 Å². The van der Waals surface area contributed by atoms with Crippen LogP contribution in [0.25, 0.3) is 0 Å². The molecule has 0 unspecified atom stereocenters. The monoisotopic (exact) mass is 297 g/mol. The average molecular weight is 297 g/mol. The summed E-state index contributed by atoms with van der Waals surface area (Å²) in [6.07, 6.45) is 2.21. The van der Waals surface area contributed by atoms with Crippen LogP contribution < -0.4 is 19.5 Å². The van der Waals surface area contributed by atoms with E-state index in [1.54, 1.807) is 0 Å². The third-order valence-corrected chi connectivity index (χ3v) is 4.20. The highest BCUT2D eigenvalue weighted by atomic mass is 16.7. The van der Waals surface area contributed by atoms with Gasteiger partial charge < -0.3 is 19.5 Å². The molecule has 1 aliphatic carbocycles. The summed E-state index contributed by atoms with van der Waals surface area (Å²) in [5.74, 6) is 2.24. The number of hydrogen-bond acceptors (Lipinski definition) is 4.